The average molecular weight is 418 g/mol. The number of anilines is 1. The van der Waals surface area contributed by atoms with Gasteiger partial charge in [0, 0.05) is 13.1 Å². The second-order valence-corrected chi connectivity index (χ2v) is 6.77. The molecule has 3 N–H and O–H groups in total. The highest BCUT2D eigenvalue weighted by Gasteiger charge is 2.36. The van der Waals surface area contributed by atoms with Crippen LogP contribution in [-0.2, 0) is 18.0 Å². The van der Waals surface area contributed by atoms with E-state index >= 15 is 0 Å². The highest BCUT2D eigenvalue weighted by molar-refractivity contribution is 7.18. The molecule has 0 aliphatic carbocycles. The fourth-order valence-corrected chi connectivity index (χ4v) is 3.38. The molecule has 0 bridgehead atoms. The SMILES string of the molecule is CCCOC(=O)c1c(NC(=O)c2cc(C(F)(F)F)nn2C)sc(C(N)=O)c1C. The molecule has 0 aromatic carbocycles. The van der Waals surface area contributed by atoms with E-state index in [0.717, 1.165) is 16.0 Å². The largest absolute Gasteiger partial charge is 0.462 e. The Morgan fingerprint density at radius 1 is 1.36 bits per heavy atom. The van der Waals surface area contributed by atoms with Crippen molar-refractivity contribution >= 4 is 34.1 Å². The van der Waals surface area contributed by atoms with Gasteiger partial charge in [-0.2, -0.15) is 18.3 Å². The topological polar surface area (TPSA) is 116 Å². The molecular weight excluding hydrogens is 401 g/mol. The maximum absolute atomic E-state index is 12.8. The Hall–Kier alpha value is -2.89. The average Bonchev–Trinajstić information content (AvgIpc) is 3.13. The van der Waals surface area contributed by atoms with E-state index in [0.29, 0.717) is 12.5 Å². The van der Waals surface area contributed by atoms with Gasteiger partial charge >= 0.3 is 12.1 Å². The van der Waals surface area contributed by atoms with Gasteiger partial charge in [-0.25, -0.2) is 4.79 Å². The van der Waals surface area contributed by atoms with Gasteiger partial charge in [0.2, 0.25) is 0 Å². The summed E-state index contributed by atoms with van der Waals surface area (Å²) in [6, 6.07) is 0.583. The standard InChI is InChI=1S/C16H17F3N4O4S/c1-4-5-27-15(26)10-7(2)11(12(20)24)28-14(10)21-13(25)8-6-9(16(17,18)19)22-23(8)3/h6H,4-5H2,1-3H3,(H2,20,24)(H,21,25). The fourth-order valence-electron chi connectivity index (χ4n) is 2.33. The molecule has 0 radical (unpaired) electrons. The van der Waals surface area contributed by atoms with Crippen molar-refractivity contribution in [2.75, 3.05) is 11.9 Å². The van der Waals surface area contributed by atoms with Crippen molar-refractivity contribution < 1.29 is 32.3 Å². The number of nitrogens with zero attached hydrogens (tertiary/aromatic N) is 2. The number of halogens is 3. The first-order valence-electron chi connectivity index (χ1n) is 8.00. The molecule has 0 saturated heterocycles. The van der Waals surface area contributed by atoms with Gasteiger partial charge in [-0.05, 0) is 18.9 Å². The molecular formula is C16H17F3N4O4S. The third-order valence-corrected chi connectivity index (χ3v) is 4.86. The second kappa shape index (κ2) is 8.00. The van der Waals surface area contributed by atoms with Gasteiger partial charge in [0.1, 0.15) is 10.7 Å². The number of alkyl halides is 3. The Morgan fingerprint density at radius 3 is 2.50 bits per heavy atom. The van der Waals surface area contributed by atoms with Crippen LogP contribution in [0.4, 0.5) is 18.2 Å². The molecule has 0 aliphatic heterocycles. The molecule has 2 aromatic rings. The van der Waals surface area contributed by atoms with Crippen LogP contribution in [0.2, 0.25) is 0 Å². The molecule has 0 atom stereocenters. The number of nitrogens with one attached hydrogen (secondary N) is 1. The number of hydrogen-bond acceptors (Lipinski definition) is 6. The van der Waals surface area contributed by atoms with Crippen molar-refractivity contribution in [3.05, 3.63) is 33.5 Å². The number of aromatic nitrogens is 2. The first kappa shape index (κ1) is 21.4. The van der Waals surface area contributed by atoms with Crippen molar-refractivity contribution in [3.63, 3.8) is 0 Å². The number of nitrogens with two attached hydrogens (primary N) is 1. The van der Waals surface area contributed by atoms with Crippen LogP contribution in [0.15, 0.2) is 6.07 Å². The Bertz CT molecular complexity index is 933. The van der Waals surface area contributed by atoms with Gasteiger partial charge in [0.05, 0.1) is 17.0 Å². The minimum Gasteiger partial charge on any atom is -0.462 e. The highest BCUT2D eigenvalue weighted by Crippen LogP contribution is 2.34. The van der Waals surface area contributed by atoms with Gasteiger partial charge in [0.15, 0.2) is 5.69 Å². The molecule has 2 heterocycles. The molecule has 0 unspecified atom stereocenters. The monoisotopic (exact) mass is 418 g/mol. The summed E-state index contributed by atoms with van der Waals surface area (Å²) >= 11 is 0.738. The van der Waals surface area contributed by atoms with Crippen molar-refractivity contribution in [2.24, 2.45) is 12.8 Å². The summed E-state index contributed by atoms with van der Waals surface area (Å²) < 4.78 is 44.2. The van der Waals surface area contributed by atoms with E-state index in [2.05, 4.69) is 10.4 Å². The lowest BCUT2D eigenvalue weighted by atomic mass is 10.1. The van der Waals surface area contributed by atoms with Crippen LogP contribution in [0.1, 0.15) is 55.1 Å². The molecule has 0 saturated carbocycles. The first-order chi connectivity index (χ1) is 13.0. The molecule has 0 fully saturated rings. The lowest BCUT2D eigenvalue weighted by molar-refractivity contribution is -0.141. The summed E-state index contributed by atoms with van der Waals surface area (Å²) in [5, 5.41) is 5.56. The summed E-state index contributed by atoms with van der Waals surface area (Å²) in [4.78, 5) is 36.4. The summed E-state index contributed by atoms with van der Waals surface area (Å²) in [6.07, 6.45) is -4.17. The van der Waals surface area contributed by atoms with E-state index in [9.17, 15) is 27.6 Å². The Labute approximate surface area is 161 Å². The molecule has 28 heavy (non-hydrogen) atoms. The Kier molecular flexibility index (Phi) is 6.12. The van der Waals surface area contributed by atoms with Crippen LogP contribution in [-0.4, -0.2) is 34.2 Å². The summed E-state index contributed by atoms with van der Waals surface area (Å²) in [5.41, 5.74) is 3.81. The van der Waals surface area contributed by atoms with Gasteiger partial charge in [-0.15, -0.1) is 11.3 Å². The lowest BCUT2D eigenvalue weighted by Gasteiger charge is -2.07. The number of amides is 2. The third-order valence-electron chi connectivity index (χ3n) is 3.64. The highest BCUT2D eigenvalue weighted by atomic mass is 32.1. The van der Waals surface area contributed by atoms with Gasteiger partial charge < -0.3 is 15.8 Å². The van der Waals surface area contributed by atoms with Crippen LogP contribution in [0.25, 0.3) is 0 Å². The molecule has 8 nitrogen and oxygen atoms in total. The van der Waals surface area contributed by atoms with Crippen molar-refractivity contribution in [1.29, 1.82) is 0 Å². The number of aryl methyl sites for hydroxylation is 1. The van der Waals surface area contributed by atoms with Gasteiger partial charge in [-0.1, -0.05) is 6.92 Å². The van der Waals surface area contributed by atoms with E-state index in [1.807, 2.05) is 0 Å². The van der Waals surface area contributed by atoms with Crippen LogP contribution in [0, 0.1) is 6.92 Å². The summed E-state index contributed by atoms with van der Waals surface area (Å²) in [7, 11) is 1.18. The predicted molar refractivity (Wildman–Crippen MR) is 94.3 cm³/mol. The van der Waals surface area contributed by atoms with Crippen molar-refractivity contribution in [3.8, 4) is 0 Å². The van der Waals surface area contributed by atoms with Gasteiger partial charge in [0.25, 0.3) is 11.8 Å². The van der Waals surface area contributed by atoms with E-state index in [1.165, 1.54) is 14.0 Å². The van der Waals surface area contributed by atoms with Crippen molar-refractivity contribution in [1.82, 2.24) is 9.78 Å². The molecule has 2 rings (SSSR count). The molecule has 0 spiro atoms. The molecule has 12 heteroatoms. The number of thiophene rings is 1. The normalized spacial score (nSPS) is 11.4. The maximum Gasteiger partial charge on any atom is 0.435 e. The third kappa shape index (κ3) is 4.32. The molecule has 2 amide bonds. The fraction of sp³-hybridized carbons (Fsp3) is 0.375. The minimum absolute atomic E-state index is 0.0275. The number of rotatable bonds is 6. The number of carbonyl (C=O) groups is 3. The quantitative estimate of drug-likeness (QED) is 0.700. The number of esters is 1. The molecule has 152 valence electrons. The Balaban J connectivity index is 2.41. The van der Waals surface area contributed by atoms with E-state index < -0.39 is 29.7 Å². The zero-order valence-corrected chi connectivity index (χ0v) is 16.0. The maximum atomic E-state index is 12.8. The van der Waals surface area contributed by atoms with Gasteiger partial charge in [-0.3, -0.25) is 14.3 Å². The summed E-state index contributed by atoms with van der Waals surface area (Å²) in [5.74, 6) is -2.53. The van der Waals surface area contributed by atoms with Crippen LogP contribution >= 0.6 is 11.3 Å². The number of carbonyl (C=O) groups excluding carboxylic acids is 3. The van der Waals surface area contributed by atoms with E-state index in [4.69, 9.17) is 10.5 Å². The smallest absolute Gasteiger partial charge is 0.435 e. The predicted octanol–water partition coefficient (Wildman–Crippen LogP) is 2.73. The second-order valence-electron chi connectivity index (χ2n) is 5.75. The Morgan fingerprint density at radius 2 is 2.00 bits per heavy atom. The summed E-state index contributed by atoms with van der Waals surface area (Å²) in [6.45, 7) is 3.36. The number of primary amides is 1. The van der Waals surface area contributed by atoms with Crippen LogP contribution in [0.5, 0.6) is 0 Å². The minimum atomic E-state index is -4.72. The van der Waals surface area contributed by atoms with Crippen molar-refractivity contribution in [2.45, 2.75) is 26.4 Å². The molecule has 0 aliphatic rings. The zero-order valence-electron chi connectivity index (χ0n) is 15.1. The van der Waals surface area contributed by atoms with E-state index in [-0.39, 0.29) is 33.3 Å². The van der Waals surface area contributed by atoms with Crippen LogP contribution < -0.4 is 11.1 Å². The lowest BCUT2D eigenvalue weighted by Crippen LogP contribution is -2.18. The number of hydrogen-bond donors (Lipinski definition) is 2. The van der Waals surface area contributed by atoms with E-state index in [1.54, 1.807) is 6.92 Å². The first-order valence-corrected chi connectivity index (χ1v) is 8.81. The molecule has 2 aromatic heterocycles. The zero-order chi connectivity index (χ0) is 21.2. The van der Waals surface area contributed by atoms with Crippen LogP contribution in [0.3, 0.4) is 0 Å². The number of ether oxygens (including phenoxy) is 1.